The third-order valence-electron chi connectivity index (χ3n) is 3.08. The van der Waals surface area contributed by atoms with E-state index in [0.717, 1.165) is 31.0 Å². The lowest BCUT2D eigenvalue weighted by molar-refractivity contribution is 0.831. The third kappa shape index (κ3) is 3.68. The lowest BCUT2D eigenvalue weighted by Crippen LogP contribution is -2.24. The van der Waals surface area contributed by atoms with Gasteiger partial charge in [-0.2, -0.15) is 0 Å². The molecule has 19 heavy (non-hydrogen) atoms. The number of nitrogens with one attached hydrogen (secondary N) is 1. The average Bonchev–Trinajstić information content (AvgIpc) is 2.45. The molecule has 2 rings (SSSR count). The molecule has 1 aromatic carbocycles. The molecular weight excluding hydrogens is 238 g/mol. The standard InChI is InChI=1S/C15H19N3O/c1-3-13-16-14(11-15(19)17-13)18(2)10-9-12-7-5-4-6-8-12/h4-8,11H,3,9-10H2,1-2H3,(H,16,17,19). The van der Waals surface area contributed by atoms with Gasteiger partial charge in [0.15, 0.2) is 0 Å². The molecule has 0 aliphatic rings. The lowest BCUT2D eigenvalue weighted by atomic mass is 10.1. The highest BCUT2D eigenvalue weighted by Gasteiger charge is 2.05. The summed E-state index contributed by atoms with van der Waals surface area (Å²) in [6, 6.07) is 11.8. The van der Waals surface area contributed by atoms with Crippen molar-refractivity contribution in [1.29, 1.82) is 0 Å². The molecule has 0 unspecified atom stereocenters. The largest absolute Gasteiger partial charge is 0.359 e. The second-order valence-electron chi connectivity index (χ2n) is 4.56. The first-order valence-electron chi connectivity index (χ1n) is 6.54. The minimum absolute atomic E-state index is 0.0894. The summed E-state index contributed by atoms with van der Waals surface area (Å²) in [4.78, 5) is 20.7. The number of aryl methyl sites for hydroxylation is 1. The zero-order valence-corrected chi connectivity index (χ0v) is 11.4. The van der Waals surface area contributed by atoms with Crippen LogP contribution in [0.1, 0.15) is 18.3 Å². The minimum atomic E-state index is -0.0894. The normalized spacial score (nSPS) is 10.4. The van der Waals surface area contributed by atoms with Gasteiger partial charge in [-0.3, -0.25) is 4.79 Å². The molecule has 0 saturated heterocycles. The summed E-state index contributed by atoms with van der Waals surface area (Å²) in [7, 11) is 1.96. The third-order valence-corrected chi connectivity index (χ3v) is 3.08. The first-order chi connectivity index (χ1) is 9.19. The quantitative estimate of drug-likeness (QED) is 0.891. The lowest BCUT2D eigenvalue weighted by Gasteiger charge is -2.18. The molecule has 100 valence electrons. The fraction of sp³-hybridized carbons (Fsp3) is 0.333. The molecule has 0 amide bonds. The average molecular weight is 257 g/mol. The molecule has 0 spiro atoms. The number of anilines is 1. The van der Waals surface area contributed by atoms with E-state index in [1.165, 1.54) is 5.56 Å². The fourth-order valence-corrected chi connectivity index (χ4v) is 1.91. The van der Waals surface area contributed by atoms with Crippen LogP contribution in [0.25, 0.3) is 0 Å². The molecule has 0 radical (unpaired) electrons. The first kappa shape index (κ1) is 13.3. The summed E-state index contributed by atoms with van der Waals surface area (Å²) in [5.74, 6) is 1.46. The zero-order valence-electron chi connectivity index (χ0n) is 11.4. The highest BCUT2D eigenvalue weighted by Crippen LogP contribution is 2.08. The van der Waals surface area contributed by atoms with Crippen molar-refractivity contribution >= 4 is 5.82 Å². The van der Waals surface area contributed by atoms with E-state index in [2.05, 4.69) is 22.1 Å². The number of rotatable bonds is 5. The van der Waals surface area contributed by atoms with E-state index in [-0.39, 0.29) is 5.56 Å². The first-order valence-corrected chi connectivity index (χ1v) is 6.54. The number of hydrogen-bond acceptors (Lipinski definition) is 3. The smallest absolute Gasteiger partial charge is 0.252 e. The monoisotopic (exact) mass is 257 g/mol. The molecule has 0 bridgehead atoms. The molecule has 4 nitrogen and oxygen atoms in total. The maximum atomic E-state index is 11.5. The van der Waals surface area contributed by atoms with Crippen molar-refractivity contribution in [2.75, 3.05) is 18.5 Å². The second-order valence-corrected chi connectivity index (χ2v) is 4.56. The second kappa shape index (κ2) is 6.18. The number of benzene rings is 1. The molecular formula is C15H19N3O. The van der Waals surface area contributed by atoms with Crippen molar-refractivity contribution in [3.63, 3.8) is 0 Å². The van der Waals surface area contributed by atoms with Gasteiger partial charge in [-0.25, -0.2) is 4.98 Å². The summed E-state index contributed by atoms with van der Waals surface area (Å²) in [6.45, 7) is 2.82. The van der Waals surface area contributed by atoms with Gasteiger partial charge >= 0.3 is 0 Å². The van der Waals surface area contributed by atoms with E-state index in [1.807, 2.05) is 37.1 Å². The van der Waals surface area contributed by atoms with Crippen LogP contribution in [0, 0.1) is 0 Å². The van der Waals surface area contributed by atoms with Crippen molar-refractivity contribution in [3.8, 4) is 0 Å². The van der Waals surface area contributed by atoms with E-state index < -0.39 is 0 Å². The number of aromatic nitrogens is 2. The summed E-state index contributed by atoms with van der Waals surface area (Å²) in [5, 5.41) is 0. The van der Waals surface area contributed by atoms with Gasteiger partial charge in [-0.15, -0.1) is 0 Å². The molecule has 0 saturated carbocycles. The maximum Gasteiger partial charge on any atom is 0.252 e. The summed E-state index contributed by atoms with van der Waals surface area (Å²) in [6.07, 6.45) is 1.67. The Bertz CT molecular complexity index is 577. The summed E-state index contributed by atoms with van der Waals surface area (Å²) >= 11 is 0. The Morgan fingerprint density at radius 2 is 2.00 bits per heavy atom. The van der Waals surface area contributed by atoms with Crippen molar-refractivity contribution in [2.24, 2.45) is 0 Å². The molecule has 0 aliphatic carbocycles. The van der Waals surface area contributed by atoms with Gasteiger partial charge in [-0.05, 0) is 12.0 Å². The molecule has 0 atom stereocenters. The Hall–Kier alpha value is -2.10. The Balaban J connectivity index is 2.05. The highest BCUT2D eigenvalue weighted by atomic mass is 16.1. The summed E-state index contributed by atoms with van der Waals surface area (Å²) in [5.41, 5.74) is 1.20. The fourth-order valence-electron chi connectivity index (χ4n) is 1.91. The maximum absolute atomic E-state index is 11.5. The zero-order chi connectivity index (χ0) is 13.7. The summed E-state index contributed by atoms with van der Waals surface area (Å²) < 4.78 is 0. The van der Waals surface area contributed by atoms with E-state index >= 15 is 0 Å². The van der Waals surface area contributed by atoms with Crippen molar-refractivity contribution < 1.29 is 0 Å². The van der Waals surface area contributed by atoms with Crippen LogP contribution in [0.2, 0.25) is 0 Å². The Morgan fingerprint density at radius 3 is 2.68 bits per heavy atom. The van der Waals surface area contributed by atoms with Gasteiger partial charge in [0, 0.05) is 26.1 Å². The van der Waals surface area contributed by atoms with Gasteiger partial charge < -0.3 is 9.88 Å². The van der Waals surface area contributed by atoms with Gasteiger partial charge in [0.05, 0.1) is 0 Å². The molecule has 0 aliphatic heterocycles. The van der Waals surface area contributed by atoms with Gasteiger partial charge in [0.1, 0.15) is 11.6 Å². The van der Waals surface area contributed by atoms with Crippen molar-refractivity contribution in [3.05, 3.63) is 58.1 Å². The van der Waals surface area contributed by atoms with Crippen LogP contribution in [-0.4, -0.2) is 23.6 Å². The predicted molar refractivity (Wildman–Crippen MR) is 77.7 cm³/mol. The van der Waals surface area contributed by atoms with E-state index in [1.54, 1.807) is 6.07 Å². The van der Waals surface area contributed by atoms with Gasteiger partial charge in [-0.1, -0.05) is 37.3 Å². The molecule has 1 aromatic heterocycles. The van der Waals surface area contributed by atoms with Crippen LogP contribution >= 0.6 is 0 Å². The van der Waals surface area contributed by atoms with Gasteiger partial charge in [0.2, 0.25) is 0 Å². The molecule has 4 heteroatoms. The SMILES string of the molecule is CCc1nc(N(C)CCc2ccccc2)cc(=O)[nH]1. The molecule has 0 fully saturated rings. The number of aromatic amines is 1. The van der Waals surface area contributed by atoms with Crippen LogP contribution in [0.4, 0.5) is 5.82 Å². The van der Waals surface area contributed by atoms with Crippen LogP contribution in [0.5, 0.6) is 0 Å². The molecule has 1 N–H and O–H groups in total. The highest BCUT2D eigenvalue weighted by molar-refractivity contribution is 5.36. The number of hydrogen-bond donors (Lipinski definition) is 1. The van der Waals surface area contributed by atoms with Crippen molar-refractivity contribution in [1.82, 2.24) is 9.97 Å². The molecule has 2 aromatic rings. The predicted octanol–water partition coefficient (Wildman–Crippen LogP) is 2.01. The Labute approximate surface area is 113 Å². The number of nitrogens with zero attached hydrogens (tertiary/aromatic N) is 2. The topological polar surface area (TPSA) is 49.0 Å². The Kier molecular flexibility index (Phi) is 4.34. The van der Waals surface area contributed by atoms with Crippen molar-refractivity contribution in [2.45, 2.75) is 19.8 Å². The van der Waals surface area contributed by atoms with Crippen LogP contribution < -0.4 is 10.5 Å². The van der Waals surface area contributed by atoms with Gasteiger partial charge in [0.25, 0.3) is 5.56 Å². The van der Waals surface area contributed by atoms with Crippen LogP contribution in [-0.2, 0) is 12.8 Å². The van der Waals surface area contributed by atoms with E-state index in [0.29, 0.717) is 0 Å². The molecule has 1 heterocycles. The number of likely N-dealkylation sites (N-methyl/N-ethyl adjacent to an activating group) is 1. The number of H-pyrrole nitrogens is 1. The van der Waals surface area contributed by atoms with E-state index in [4.69, 9.17) is 0 Å². The minimum Gasteiger partial charge on any atom is -0.359 e. The van der Waals surface area contributed by atoms with Crippen LogP contribution in [0.3, 0.4) is 0 Å². The Morgan fingerprint density at radius 1 is 1.26 bits per heavy atom. The van der Waals surface area contributed by atoms with E-state index in [9.17, 15) is 4.79 Å². The van der Waals surface area contributed by atoms with Crippen LogP contribution in [0.15, 0.2) is 41.2 Å².